The molecule has 0 saturated carbocycles. The molecule has 3 heterocycles. The van der Waals surface area contributed by atoms with Crippen LogP contribution in [0.15, 0.2) is 85.1 Å². The Morgan fingerprint density at radius 3 is 1.97 bits per heavy atom. The molecule has 66 heavy (non-hydrogen) atoms. The van der Waals surface area contributed by atoms with Gasteiger partial charge in [0.25, 0.3) is 0 Å². The van der Waals surface area contributed by atoms with Gasteiger partial charge < -0.3 is 81.1 Å². The summed E-state index contributed by atoms with van der Waals surface area (Å²) in [7, 11) is 0. The van der Waals surface area contributed by atoms with E-state index in [1.54, 1.807) is 79.8 Å². The average molecular weight is 941 g/mol. The molecule has 2 saturated heterocycles. The highest BCUT2D eigenvalue weighted by Gasteiger charge is 2.50. The standard InChI is InChI=1S/C47H73FN2O16/c1-29-15-13-11-9-7-5-3-4-6-8-10-12-14-16-34(65-46-44(60)43(49)39(58)28-63-46)25-40-42(45(61)50-20-19-48)38(57)27-47(62,66-40)26-33(53)23-37(56)35(54)18-17-31(51)22-32(52)24-41(59)64-30(2)21-36(29)55/h3-16,29-40,42-44,46,51-58,60,62H,17-28,49H2,1-2H3,(H,50,61)/b4-3+,7-5+,8-6+,11-9+,12-10+,15-13+,16-14+/t29-,30-,31?,32?,33?,34-,35?,36-,37?,38-,39+,40-,42?,43-,44-,46-,47+/m0/s1. The fourth-order valence-corrected chi connectivity index (χ4v) is 7.80. The van der Waals surface area contributed by atoms with Crippen molar-refractivity contribution >= 4 is 11.9 Å². The molecule has 0 aromatic carbocycles. The summed E-state index contributed by atoms with van der Waals surface area (Å²) in [6.45, 7) is 1.88. The number of hydrogen-bond acceptors (Lipinski definition) is 17. The number of alkyl halides is 1. The number of carbonyl (C=O) groups excluding carboxylic acids is 2. The number of aliphatic hydroxyl groups excluding tert-OH is 9. The Kier molecular flexibility index (Phi) is 25.3. The second kappa shape index (κ2) is 29.4. The van der Waals surface area contributed by atoms with Crippen LogP contribution in [-0.4, -0.2) is 174 Å². The smallest absolute Gasteiger partial charge is 0.308 e. The molecule has 1 amide bonds. The number of hydrogen-bond donors (Lipinski definition) is 12. The fourth-order valence-electron chi connectivity index (χ4n) is 7.80. The van der Waals surface area contributed by atoms with E-state index in [9.17, 15) is 65.0 Å². The van der Waals surface area contributed by atoms with E-state index in [0.717, 1.165) is 0 Å². The number of aliphatic hydroxyl groups is 10. The van der Waals surface area contributed by atoms with Crippen LogP contribution in [0.1, 0.15) is 71.6 Å². The van der Waals surface area contributed by atoms with Crippen LogP contribution in [0.2, 0.25) is 0 Å². The van der Waals surface area contributed by atoms with Gasteiger partial charge in [0.15, 0.2) is 12.1 Å². The Morgan fingerprint density at radius 2 is 1.35 bits per heavy atom. The summed E-state index contributed by atoms with van der Waals surface area (Å²) in [5.74, 6) is -5.50. The summed E-state index contributed by atoms with van der Waals surface area (Å²) < 4.78 is 36.2. The van der Waals surface area contributed by atoms with Crippen LogP contribution in [0, 0.1) is 11.8 Å². The zero-order valence-corrected chi connectivity index (χ0v) is 37.7. The van der Waals surface area contributed by atoms with Crippen LogP contribution in [0.4, 0.5) is 4.39 Å². The number of carbonyl (C=O) groups is 2. The van der Waals surface area contributed by atoms with Gasteiger partial charge in [-0.1, -0.05) is 92.0 Å². The van der Waals surface area contributed by atoms with Gasteiger partial charge in [-0.2, -0.15) is 0 Å². The molecule has 3 aliphatic heterocycles. The van der Waals surface area contributed by atoms with E-state index in [2.05, 4.69) is 5.32 Å². The first-order chi connectivity index (χ1) is 31.3. The van der Waals surface area contributed by atoms with Crippen LogP contribution in [-0.2, 0) is 28.5 Å². The lowest BCUT2D eigenvalue weighted by Gasteiger charge is -2.45. The molecular formula is C47H73FN2O16. The molecule has 3 aliphatic rings. The number of cyclic esters (lactones) is 1. The second-order valence-electron chi connectivity index (χ2n) is 17.3. The van der Waals surface area contributed by atoms with Crippen LogP contribution < -0.4 is 11.1 Å². The lowest BCUT2D eigenvalue weighted by Crippen LogP contribution is -2.59. The monoisotopic (exact) mass is 940 g/mol. The van der Waals surface area contributed by atoms with Crippen LogP contribution in [0.3, 0.4) is 0 Å². The summed E-state index contributed by atoms with van der Waals surface area (Å²) in [6, 6.07) is -1.13. The van der Waals surface area contributed by atoms with Crippen molar-refractivity contribution in [1.29, 1.82) is 0 Å². The molecule has 0 spiro atoms. The van der Waals surface area contributed by atoms with Gasteiger partial charge in [0, 0.05) is 44.6 Å². The normalized spacial score (nSPS) is 42.7. The Hall–Kier alpha value is -3.51. The van der Waals surface area contributed by atoms with E-state index < -0.39 is 142 Å². The molecule has 2 fully saturated rings. The number of nitrogens with one attached hydrogen (secondary N) is 1. The third-order valence-electron chi connectivity index (χ3n) is 11.5. The Morgan fingerprint density at radius 1 is 0.742 bits per heavy atom. The van der Waals surface area contributed by atoms with Crippen molar-refractivity contribution in [3.05, 3.63) is 85.1 Å². The summed E-state index contributed by atoms with van der Waals surface area (Å²) in [5, 5.41) is 110. The molecule has 17 atom stereocenters. The molecule has 0 radical (unpaired) electrons. The topological polar surface area (TPSA) is 311 Å². The van der Waals surface area contributed by atoms with Crippen LogP contribution in [0.25, 0.3) is 0 Å². The molecule has 6 unspecified atom stereocenters. The van der Waals surface area contributed by atoms with E-state index >= 15 is 0 Å². The van der Waals surface area contributed by atoms with E-state index in [1.165, 1.54) is 6.08 Å². The molecule has 18 nitrogen and oxygen atoms in total. The highest BCUT2D eigenvalue weighted by Crippen LogP contribution is 2.38. The molecule has 0 aromatic heterocycles. The zero-order valence-electron chi connectivity index (χ0n) is 37.7. The summed E-state index contributed by atoms with van der Waals surface area (Å²) >= 11 is 0. The molecule has 2 bridgehead atoms. The number of halogens is 1. The van der Waals surface area contributed by atoms with Crippen molar-refractivity contribution in [2.45, 2.75) is 163 Å². The number of rotatable bonds is 5. The van der Waals surface area contributed by atoms with Crippen molar-refractivity contribution in [2.24, 2.45) is 17.6 Å². The third kappa shape index (κ3) is 20.4. The molecule has 0 aliphatic carbocycles. The van der Waals surface area contributed by atoms with Crippen molar-refractivity contribution in [1.82, 2.24) is 5.32 Å². The lowest BCUT2D eigenvalue weighted by molar-refractivity contribution is -0.304. The molecular weight excluding hydrogens is 868 g/mol. The van der Waals surface area contributed by atoms with Crippen molar-refractivity contribution < 1.29 is 84.0 Å². The van der Waals surface area contributed by atoms with Crippen LogP contribution >= 0.6 is 0 Å². The van der Waals surface area contributed by atoms with Crippen molar-refractivity contribution in [3.63, 3.8) is 0 Å². The van der Waals surface area contributed by atoms with Gasteiger partial charge in [0.1, 0.15) is 18.9 Å². The predicted molar refractivity (Wildman–Crippen MR) is 239 cm³/mol. The van der Waals surface area contributed by atoms with Gasteiger partial charge in [-0.05, 0) is 26.2 Å². The molecule has 13 N–H and O–H groups in total. The molecule has 374 valence electrons. The minimum absolute atomic E-state index is 0.108. The van der Waals surface area contributed by atoms with Crippen molar-refractivity contribution in [2.75, 3.05) is 19.8 Å². The summed E-state index contributed by atoms with van der Waals surface area (Å²) in [5.41, 5.74) is 5.96. The number of amides is 1. The number of nitrogens with two attached hydrogens (primary N) is 1. The van der Waals surface area contributed by atoms with E-state index in [4.69, 9.17) is 24.7 Å². The minimum atomic E-state index is -2.31. The first kappa shape index (κ1) is 56.8. The van der Waals surface area contributed by atoms with E-state index in [1.807, 2.05) is 13.0 Å². The fraction of sp³-hybridized carbons (Fsp3) is 0.660. The first-order valence-corrected chi connectivity index (χ1v) is 22.6. The van der Waals surface area contributed by atoms with Gasteiger partial charge in [-0.3, -0.25) is 9.59 Å². The zero-order chi connectivity index (χ0) is 48.8. The largest absolute Gasteiger partial charge is 0.462 e. The maximum Gasteiger partial charge on any atom is 0.308 e. The van der Waals surface area contributed by atoms with Gasteiger partial charge in [-0.15, -0.1) is 0 Å². The summed E-state index contributed by atoms with van der Waals surface area (Å²) in [6.07, 6.45) is 4.86. The number of allylic oxidation sites excluding steroid dienone is 12. The number of esters is 1. The highest BCUT2D eigenvalue weighted by atomic mass is 19.1. The molecule has 3 rings (SSSR count). The number of ether oxygens (including phenoxy) is 4. The predicted octanol–water partition coefficient (Wildman–Crippen LogP) is 0.0783. The SMILES string of the molecule is C[C@H]1C[C@H](O)[C@@H](C)/C=C/C=C/C=C/C=C/C=C/C=C/C=C/[C@H](O[C@@H]2OC[C@@H](O)[C@H](N)[C@@H]2O)C[C@@H]2O[C@](O)(CC(O)CC(O)C(O)CCC(O)CC(O)CC(=O)O1)C[C@H](O)C2C(=O)NCCF. The van der Waals surface area contributed by atoms with Gasteiger partial charge >= 0.3 is 5.97 Å². The van der Waals surface area contributed by atoms with Crippen molar-refractivity contribution in [3.8, 4) is 0 Å². The first-order valence-electron chi connectivity index (χ1n) is 22.6. The Bertz CT molecular complexity index is 1660. The maximum absolute atomic E-state index is 13.3. The molecule has 0 aromatic rings. The molecule has 19 heteroatoms. The van der Waals surface area contributed by atoms with Crippen LogP contribution in [0.5, 0.6) is 0 Å². The lowest BCUT2D eigenvalue weighted by atomic mass is 9.82. The van der Waals surface area contributed by atoms with Gasteiger partial charge in [-0.25, -0.2) is 4.39 Å². The average Bonchev–Trinajstić information content (AvgIpc) is 3.23. The van der Waals surface area contributed by atoms with E-state index in [-0.39, 0.29) is 51.2 Å². The minimum Gasteiger partial charge on any atom is -0.462 e. The quantitative estimate of drug-likeness (QED) is 0.163. The van der Waals surface area contributed by atoms with E-state index in [0.29, 0.717) is 0 Å². The van der Waals surface area contributed by atoms with Gasteiger partial charge in [0.05, 0.1) is 86.0 Å². The Balaban J connectivity index is 1.88. The second-order valence-corrected chi connectivity index (χ2v) is 17.3. The Labute approximate surface area is 385 Å². The summed E-state index contributed by atoms with van der Waals surface area (Å²) in [4.78, 5) is 25.8. The van der Waals surface area contributed by atoms with Gasteiger partial charge in [0.2, 0.25) is 5.91 Å². The maximum atomic E-state index is 13.3. The number of fused-ring (bicyclic) bond motifs is 2. The third-order valence-corrected chi connectivity index (χ3v) is 11.5. The highest BCUT2D eigenvalue weighted by molar-refractivity contribution is 5.80.